The van der Waals surface area contributed by atoms with Gasteiger partial charge in [-0.05, 0) is 37.6 Å². The van der Waals surface area contributed by atoms with Crippen LogP contribution in [-0.4, -0.2) is 24.5 Å². The molecule has 0 heterocycles. The van der Waals surface area contributed by atoms with E-state index in [4.69, 9.17) is 5.73 Å². The predicted octanol–water partition coefficient (Wildman–Crippen LogP) is 2.61. The molecular formula is C16H23FN2. The van der Waals surface area contributed by atoms with Gasteiger partial charge in [-0.2, -0.15) is 0 Å². The van der Waals surface area contributed by atoms with Crippen LogP contribution in [0.4, 0.5) is 4.39 Å². The largest absolute Gasteiger partial charge is 0.320 e. The normalized spacial score (nSPS) is 12.4. The second kappa shape index (κ2) is 7.28. The summed E-state index contributed by atoms with van der Waals surface area (Å²) in [6.07, 6.45) is 0. The highest BCUT2D eigenvalue weighted by Crippen LogP contribution is 2.15. The molecule has 1 aromatic rings. The van der Waals surface area contributed by atoms with Crippen molar-refractivity contribution < 1.29 is 4.39 Å². The highest BCUT2D eigenvalue weighted by Gasteiger charge is 2.13. The maximum atomic E-state index is 13.6. The van der Waals surface area contributed by atoms with Crippen LogP contribution in [0.25, 0.3) is 0 Å². The van der Waals surface area contributed by atoms with Gasteiger partial charge in [0.25, 0.3) is 0 Å². The molecule has 0 spiro atoms. The highest BCUT2D eigenvalue weighted by atomic mass is 19.1. The average Bonchev–Trinajstić information content (AvgIpc) is 2.38. The van der Waals surface area contributed by atoms with Crippen LogP contribution < -0.4 is 5.73 Å². The standard InChI is InChI=1S/C16H23FN2/c1-12(2)13(3)19(4)11-14-7-8-16(17)15(10-14)6-5-9-18/h7-8,10,12-13H,9,11,18H2,1-4H3. The van der Waals surface area contributed by atoms with E-state index in [0.717, 1.165) is 12.1 Å². The van der Waals surface area contributed by atoms with E-state index in [2.05, 4.69) is 44.6 Å². The average molecular weight is 262 g/mol. The van der Waals surface area contributed by atoms with Gasteiger partial charge in [0.15, 0.2) is 0 Å². The van der Waals surface area contributed by atoms with E-state index in [0.29, 0.717) is 17.5 Å². The lowest BCUT2D eigenvalue weighted by Gasteiger charge is -2.27. The lowest BCUT2D eigenvalue weighted by atomic mass is 10.0. The summed E-state index contributed by atoms with van der Waals surface area (Å²) in [5.41, 5.74) is 6.81. The summed E-state index contributed by atoms with van der Waals surface area (Å²) in [5.74, 6) is 5.76. The molecule has 1 aromatic carbocycles. The first-order chi connectivity index (χ1) is 8.95. The van der Waals surface area contributed by atoms with Crippen LogP contribution in [0.5, 0.6) is 0 Å². The fourth-order valence-corrected chi connectivity index (χ4v) is 1.85. The van der Waals surface area contributed by atoms with Crippen LogP contribution in [0.3, 0.4) is 0 Å². The number of nitrogens with zero attached hydrogens (tertiary/aromatic N) is 1. The maximum Gasteiger partial charge on any atom is 0.138 e. The van der Waals surface area contributed by atoms with Crippen molar-refractivity contribution >= 4 is 0 Å². The summed E-state index contributed by atoms with van der Waals surface area (Å²) in [6.45, 7) is 7.63. The highest BCUT2D eigenvalue weighted by molar-refractivity contribution is 5.38. The van der Waals surface area contributed by atoms with Gasteiger partial charge in [-0.1, -0.05) is 31.8 Å². The van der Waals surface area contributed by atoms with Crippen LogP contribution >= 0.6 is 0 Å². The van der Waals surface area contributed by atoms with E-state index in [1.165, 1.54) is 6.07 Å². The minimum atomic E-state index is -0.288. The fourth-order valence-electron chi connectivity index (χ4n) is 1.85. The van der Waals surface area contributed by atoms with Crippen LogP contribution in [0, 0.1) is 23.6 Å². The van der Waals surface area contributed by atoms with Gasteiger partial charge in [-0.3, -0.25) is 4.90 Å². The summed E-state index contributed by atoms with van der Waals surface area (Å²) >= 11 is 0. The lowest BCUT2D eigenvalue weighted by molar-refractivity contribution is 0.200. The van der Waals surface area contributed by atoms with Crippen molar-refractivity contribution in [1.29, 1.82) is 0 Å². The molecule has 0 aliphatic rings. The summed E-state index contributed by atoms with van der Waals surface area (Å²) in [5, 5.41) is 0. The Morgan fingerprint density at radius 1 is 1.32 bits per heavy atom. The molecule has 104 valence electrons. The van der Waals surface area contributed by atoms with Gasteiger partial charge in [0.1, 0.15) is 5.82 Å². The van der Waals surface area contributed by atoms with Crippen molar-refractivity contribution in [2.45, 2.75) is 33.4 Å². The molecule has 0 bridgehead atoms. The summed E-state index contributed by atoms with van der Waals surface area (Å²) < 4.78 is 13.6. The van der Waals surface area contributed by atoms with Gasteiger partial charge < -0.3 is 5.73 Å². The van der Waals surface area contributed by atoms with Gasteiger partial charge in [0, 0.05) is 12.6 Å². The Hall–Kier alpha value is -1.37. The number of nitrogens with two attached hydrogens (primary N) is 1. The maximum absolute atomic E-state index is 13.6. The number of hydrogen-bond acceptors (Lipinski definition) is 2. The van der Waals surface area contributed by atoms with Crippen molar-refractivity contribution in [2.24, 2.45) is 11.7 Å². The Morgan fingerprint density at radius 3 is 2.58 bits per heavy atom. The number of halogens is 1. The fraction of sp³-hybridized carbons (Fsp3) is 0.500. The van der Waals surface area contributed by atoms with Gasteiger partial charge in [0.2, 0.25) is 0 Å². The Kier molecular flexibility index (Phi) is 6.01. The van der Waals surface area contributed by atoms with Crippen molar-refractivity contribution in [3.05, 3.63) is 35.1 Å². The zero-order chi connectivity index (χ0) is 14.4. The molecule has 0 radical (unpaired) electrons. The molecule has 0 aromatic heterocycles. The zero-order valence-electron chi connectivity index (χ0n) is 12.2. The van der Waals surface area contributed by atoms with E-state index in [-0.39, 0.29) is 12.4 Å². The minimum absolute atomic E-state index is 0.244. The Balaban J connectivity index is 2.85. The SMILES string of the molecule is CC(C)C(C)N(C)Cc1ccc(F)c(C#CCN)c1. The van der Waals surface area contributed by atoms with Crippen LogP contribution in [0.1, 0.15) is 31.9 Å². The van der Waals surface area contributed by atoms with Crippen molar-refractivity contribution in [2.75, 3.05) is 13.6 Å². The molecule has 0 fully saturated rings. The van der Waals surface area contributed by atoms with E-state index in [1.54, 1.807) is 0 Å². The Morgan fingerprint density at radius 2 is 2.00 bits per heavy atom. The molecule has 0 saturated carbocycles. The molecule has 2 N–H and O–H groups in total. The minimum Gasteiger partial charge on any atom is -0.320 e. The smallest absolute Gasteiger partial charge is 0.138 e. The van der Waals surface area contributed by atoms with Crippen LogP contribution in [0.15, 0.2) is 18.2 Å². The molecule has 1 unspecified atom stereocenters. The molecule has 19 heavy (non-hydrogen) atoms. The molecule has 1 rings (SSSR count). The Labute approximate surface area is 115 Å². The lowest BCUT2D eigenvalue weighted by Crippen LogP contribution is -2.32. The number of rotatable bonds is 4. The zero-order valence-corrected chi connectivity index (χ0v) is 12.2. The third-order valence-corrected chi connectivity index (χ3v) is 3.45. The molecule has 0 aliphatic carbocycles. The van der Waals surface area contributed by atoms with Crippen molar-refractivity contribution in [3.8, 4) is 11.8 Å². The van der Waals surface area contributed by atoms with E-state index in [9.17, 15) is 4.39 Å². The van der Waals surface area contributed by atoms with E-state index >= 15 is 0 Å². The first kappa shape index (κ1) is 15.7. The monoisotopic (exact) mass is 262 g/mol. The predicted molar refractivity (Wildman–Crippen MR) is 78.1 cm³/mol. The topological polar surface area (TPSA) is 29.3 Å². The molecular weight excluding hydrogens is 239 g/mol. The van der Waals surface area contributed by atoms with Gasteiger partial charge in [0.05, 0.1) is 12.1 Å². The van der Waals surface area contributed by atoms with Crippen molar-refractivity contribution in [3.63, 3.8) is 0 Å². The molecule has 0 aliphatic heterocycles. The summed E-state index contributed by atoms with van der Waals surface area (Å²) in [6, 6.07) is 5.57. The van der Waals surface area contributed by atoms with Crippen molar-refractivity contribution in [1.82, 2.24) is 4.90 Å². The summed E-state index contributed by atoms with van der Waals surface area (Å²) in [7, 11) is 2.08. The third-order valence-electron chi connectivity index (χ3n) is 3.45. The number of hydrogen-bond donors (Lipinski definition) is 1. The van der Waals surface area contributed by atoms with Crippen LogP contribution in [0.2, 0.25) is 0 Å². The summed E-state index contributed by atoms with van der Waals surface area (Å²) in [4.78, 5) is 2.26. The Bertz CT molecular complexity index is 471. The van der Waals surface area contributed by atoms with Gasteiger partial charge >= 0.3 is 0 Å². The van der Waals surface area contributed by atoms with Gasteiger partial charge in [-0.25, -0.2) is 4.39 Å². The first-order valence-corrected chi connectivity index (χ1v) is 6.63. The van der Waals surface area contributed by atoms with Gasteiger partial charge in [-0.15, -0.1) is 0 Å². The van der Waals surface area contributed by atoms with E-state index < -0.39 is 0 Å². The third kappa shape index (κ3) is 4.66. The number of benzene rings is 1. The second-order valence-corrected chi connectivity index (χ2v) is 5.22. The molecule has 0 saturated heterocycles. The molecule has 1 atom stereocenters. The molecule has 0 amide bonds. The van der Waals surface area contributed by atoms with Crippen LogP contribution in [-0.2, 0) is 6.54 Å². The first-order valence-electron chi connectivity index (χ1n) is 6.63. The molecule has 2 nitrogen and oxygen atoms in total. The second-order valence-electron chi connectivity index (χ2n) is 5.22. The molecule has 3 heteroatoms. The van der Waals surface area contributed by atoms with E-state index in [1.807, 2.05) is 12.1 Å². The quantitative estimate of drug-likeness (QED) is 0.845.